The molecule has 1 heterocycles. The van der Waals surface area contributed by atoms with Crippen molar-refractivity contribution in [1.82, 2.24) is 10.2 Å². The van der Waals surface area contributed by atoms with E-state index in [9.17, 15) is 14.7 Å². The van der Waals surface area contributed by atoms with Crippen LogP contribution in [0.4, 0.5) is 4.79 Å². The Morgan fingerprint density at radius 1 is 1.35 bits per heavy atom. The first-order valence-corrected chi connectivity index (χ1v) is 7.08. The Morgan fingerprint density at radius 2 is 1.90 bits per heavy atom. The molecule has 1 fully saturated rings. The average Bonchev–Trinajstić information content (AvgIpc) is 2.28. The van der Waals surface area contributed by atoms with Crippen LogP contribution in [0.1, 0.15) is 40.0 Å². The number of aliphatic carboxylic acids is 1. The summed E-state index contributed by atoms with van der Waals surface area (Å²) in [6.45, 7) is 7.20. The minimum absolute atomic E-state index is 0.335. The van der Waals surface area contributed by atoms with E-state index in [2.05, 4.69) is 17.3 Å². The molecule has 1 aliphatic heterocycles. The van der Waals surface area contributed by atoms with Crippen LogP contribution in [-0.2, 0) is 9.53 Å². The van der Waals surface area contributed by atoms with Crippen molar-refractivity contribution in [3.05, 3.63) is 0 Å². The fourth-order valence-corrected chi connectivity index (χ4v) is 2.30. The van der Waals surface area contributed by atoms with Crippen molar-refractivity contribution >= 4 is 12.1 Å². The number of amides is 1. The van der Waals surface area contributed by atoms with Gasteiger partial charge in [-0.3, -0.25) is 0 Å². The van der Waals surface area contributed by atoms with Gasteiger partial charge in [0.2, 0.25) is 0 Å². The van der Waals surface area contributed by atoms with Crippen molar-refractivity contribution in [1.29, 1.82) is 0 Å². The Morgan fingerprint density at radius 3 is 2.35 bits per heavy atom. The van der Waals surface area contributed by atoms with Crippen LogP contribution in [-0.4, -0.2) is 53.8 Å². The van der Waals surface area contributed by atoms with Crippen LogP contribution in [0.3, 0.4) is 0 Å². The molecule has 0 bridgehead atoms. The standard InChI is InChI=1S/C14H26N2O4/c1-14(2,3)20-13(19)15-11(12(17)18)9-10-5-7-16(4)8-6-10/h10-11H,5-9H2,1-4H3,(H,15,19)(H,17,18)/t11-/m1/s1. The second-order valence-electron chi connectivity index (χ2n) is 6.52. The molecule has 1 saturated heterocycles. The maximum Gasteiger partial charge on any atom is 0.408 e. The van der Waals surface area contributed by atoms with Crippen molar-refractivity contribution < 1.29 is 19.4 Å². The Bertz CT molecular complexity index is 344. The third-order valence-corrected chi connectivity index (χ3v) is 3.40. The minimum atomic E-state index is -1.00. The zero-order valence-electron chi connectivity index (χ0n) is 12.8. The van der Waals surface area contributed by atoms with E-state index < -0.39 is 23.7 Å². The summed E-state index contributed by atoms with van der Waals surface area (Å²) in [7, 11) is 2.06. The van der Waals surface area contributed by atoms with Gasteiger partial charge in [0.25, 0.3) is 0 Å². The Hall–Kier alpha value is -1.30. The van der Waals surface area contributed by atoms with Gasteiger partial charge >= 0.3 is 12.1 Å². The summed E-state index contributed by atoms with van der Waals surface area (Å²) < 4.78 is 5.10. The highest BCUT2D eigenvalue weighted by Gasteiger charge is 2.28. The average molecular weight is 286 g/mol. The molecule has 6 nitrogen and oxygen atoms in total. The monoisotopic (exact) mass is 286 g/mol. The zero-order chi connectivity index (χ0) is 15.3. The van der Waals surface area contributed by atoms with Gasteiger partial charge in [0, 0.05) is 0 Å². The number of hydrogen-bond acceptors (Lipinski definition) is 4. The quantitative estimate of drug-likeness (QED) is 0.822. The van der Waals surface area contributed by atoms with Crippen LogP contribution in [0, 0.1) is 5.92 Å². The highest BCUT2D eigenvalue weighted by molar-refractivity contribution is 5.80. The molecule has 2 N–H and O–H groups in total. The summed E-state index contributed by atoms with van der Waals surface area (Å²) in [5, 5.41) is 11.7. The van der Waals surface area contributed by atoms with Gasteiger partial charge in [-0.1, -0.05) is 0 Å². The van der Waals surface area contributed by atoms with Crippen molar-refractivity contribution in [3.63, 3.8) is 0 Å². The molecule has 0 aromatic carbocycles. The SMILES string of the molecule is CN1CCC(C[C@@H](NC(=O)OC(C)(C)C)C(=O)O)CC1. The van der Waals surface area contributed by atoms with E-state index in [0.29, 0.717) is 12.3 Å². The molecule has 0 aromatic rings. The predicted molar refractivity (Wildman–Crippen MR) is 75.6 cm³/mol. The second-order valence-corrected chi connectivity index (χ2v) is 6.52. The van der Waals surface area contributed by atoms with E-state index in [1.165, 1.54) is 0 Å². The fourth-order valence-electron chi connectivity index (χ4n) is 2.30. The summed E-state index contributed by atoms with van der Waals surface area (Å²) in [6, 6.07) is -0.877. The van der Waals surface area contributed by atoms with Gasteiger partial charge in [-0.05, 0) is 66.1 Å². The molecule has 20 heavy (non-hydrogen) atoms. The number of alkyl carbamates (subject to hydrolysis) is 1. The number of carbonyl (C=O) groups excluding carboxylic acids is 1. The van der Waals surface area contributed by atoms with Crippen molar-refractivity contribution in [2.24, 2.45) is 5.92 Å². The molecule has 0 saturated carbocycles. The smallest absolute Gasteiger partial charge is 0.408 e. The number of carbonyl (C=O) groups is 2. The maximum absolute atomic E-state index is 11.7. The summed E-state index contributed by atoms with van der Waals surface area (Å²) >= 11 is 0. The van der Waals surface area contributed by atoms with Gasteiger partial charge < -0.3 is 20.1 Å². The van der Waals surface area contributed by atoms with Crippen molar-refractivity contribution in [3.8, 4) is 0 Å². The number of likely N-dealkylation sites (tertiary alicyclic amines) is 1. The number of carboxylic acids is 1. The molecule has 1 atom stereocenters. The summed E-state index contributed by atoms with van der Waals surface area (Å²) in [5.41, 5.74) is -0.624. The number of ether oxygens (including phenoxy) is 1. The highest BCUT2D eigenvalue weighted by atomic mass is 16.6. The molecule has 0 radical (unpaired) electrons. The molecule has 0 spiro atoms. The molecule has 0 aliphatic carbocycles. The fraction of sp³-hybridized carbons (Fsp3) is 0.857. The van der Waals surface area contributed by atoms with Crippen LogP contribution in [0.2, 0.25) is 0 Å². The number of hydrogen-bond donors (Lipinski definition) is 2. The lowest BCUT2D eigenvalue weighted by molar-refractivity contribution is -0.140. The van der Waals surface area contributed by atoms with E-state index in [0.717, 1.165) is 25.9 Å². The first-order chi connectivity index (χ1) is 9.17. The Balaban J connectivity index is 2.48. The third-order valence-electron chi connectivity index (χ3n) is 3.40. The van der Waals surface area contributed by atoms with Gasteiger partial charge in [-0.25, -0.2) is 9.59 Å². The Kier molecular flexibility index (Phi) is 5.80. The molecule has 0 aromatic heterocycles. The van der Waals surface area contributed by atoms with Gasteiger partial charge in [-0.15, -0.1) is 0 Å². The van der Waals surface area contributed by atoms with E-state index in [4.69, 9.17) is 4.74 Å². The molecule has 1 rings (SSSR count). The lowest BCUT2D eigenvalue weighted by atomic mass is 9.90. The normalized spacial score (nSPS) is 19.4. The number of piperidine rings is 1. The van der Waals surface area contributed by atoms with E-state index in [-0.39, 0.29) is 0 Å². The first kappa shape index (κ1) is 16.8. The van der Waals surface area contributed by atoms with Crippen LogP contribution < -0.4 is 5.32 Å². The zero-order valence-corrected chi connectivity index (χ0v) is 12.8. The maximum atomic E-state index is 11.7. The van der Waals surface area contributed by atoms with Crippen molar-refractivity contribution in [2.45, 2.75) is 51.7 Å². The largest absolute Gasteiger partial charge is 0.480 e. The third kappa shape index (κ3) is 6.23. The van der Waals surface area contributed by atoms with Crippen LogP contribution in [0.5, 0.6) is 0 Å². The highest BCUT2D eigenvalue weighted by Crippen LogP contribution is 2.21. The van der Waals surface area contributed by atoms with Crippen LogP contribution in [0.15, 0.2) is 0 Å². The number of rotatable bonds is 4. The Labute approximate surface area is 120 Å². The summed E-state index contributed by atoms with van der Waals surface area (Å²) in [4.78, 5) is 25.2. The van der Waals surface area contributed by atoms with Crippen molar-refractivity contribution in [2.75, 3.05) is 20.1 Å². The van der Waals surface area contributed by atoms with Gasteiger partial charge in [0.05, 0.1) is 0 Å². The van der Waals surface area contributed by atoms with E-state index >= 15 is 0 Å². The number of carboxylic acid groups (broad SMARTS) is 1. The molecule has 1 aliphatic rings. The molecule has 0 unspecified atom stereocenters. The summed E-state index contributed by atoms with van der Waals surface area (Å²) in [6.07, 6.45) is 1.73. The lowest BCUT2D eigenvalue weighted by Gasteiger charge is -2.30. The van der Waals surface area contributed by atoms with Crippen LogP contribution >= 0.6 is 0 Å². The first-order valence-electron chi connectivity index (χ1n) is 7.08. The lowest BCUT2D eigenvalue weighted by Crippen LogP contribution is -2.45. The topological polar surface area (TPSA) is 78.9 Å². The van der Waals surface area contributed by atoms with Crippen LogP contribution in [0.25, 0.3) is 0 Å². The molecular weight excluding hydrogens is 260 g/mol. The summed E-state index contributed by atoms with van der Waals surface area (Å²) in [5.74, 6) is -0.669. The van der Waals surface area contributed by atoms with Gasteiger partial charge in [0.1, 0.15) is 11.6 Å². The predicted octanol–water partition coefficient (Wildman–Crippen LogP) is 1.70. The minimum Gasteiger partial charge on any atom is -0.480 e. The van der Waals surface area contributed by atoms with E-state index in [1.807, 2.05) is 0 Å². The molecule has 116 valence electrons. The second kappa shape index (κ2) is 6.92. The molecular formula is C14H26N2O4. The number of nitrogens with one attached hydrogen (secondary N) is 1. The van der Waals surface area contributed by atoms with E-state index in [1.54, 1.807) is 20.8 Å². The van der Waals surface area contributed by atoms with Gasteiger partial charge in [-0.2, -0.15) is 0 Å². The van der Waals surface area contributed by atoms with Gasteiger partial charge in [0.15, 0.2) is 0 Å². The molecule has 6 heteroatoms. The number of nitrogens with zero attached hydrogens (tertiary/aromatic N) is 1. The molecule has 1 amide bonds.